The maximum Gasteiger partial charge on any atom is 0.255 e. The van der Waals surface area contributed by atoms with Crippen LogP contribution >= 0.6 is 0 Å². The van der Waals surface area contributed by atoms with Crippen molar-refractivity contribution >= 4 is 15.9 Å². The molecule has 7 nitrogen and oxygen atoms in total. The second-order valence-corrected chi connectivity index (χ2v) is 9.12. The molecule has 2 aliphatic rings. The molecule has 0 aliphatic carbocycles. The summed E-state index contributed by atoms with van der Waals surface area (Å²) >= 11 is 0. The van der Waals surface area contributed by atoms with Crippen molar-refractivity contribution in [3.8, 4) is 0 Å². The fraction of sp³-hybridized carbons (Fsp3) is 0.667. The van der Waals surface area contributed by atoms with E-state index in [1.54, 1.807) is 21.6 Å². The molecule has 0 N–H and O–H groups in total. The number of nitrogens with zero attached hydrogens (tertiary/aromatic N) is 3. The van der Waals surface area contributed by atoms with E-state index in [2.05, 4.69) is 4.98 Å². The van der Waals surface area contributed by atoms with Gasteiger partial charge in [-0.1, -0.05) is 0 Å². The van der Waals surface area contributed by atoms with Crippen molar-refractivity contribution in [3.05, 3.63) is 29.6 Å². The lowest BCUT2D eigenvalue weighted by Gasteiger charge is -2.42. The van der Waals surface area contributed by atoms with Gasteiger partial charge < -0.3 is 9.64 Å². The number of carbonyl (C=O) groups excluding carboxylic acids is 1. The molecule has 0 aromatic carbocycles. The first-order valence-electron chi connectivity index (χ1n) is 9.13. The number of hydrogen-bond donors (Lipinski definition) is 0. The highest BCUT2D eigenvalue weighted by atomic mass is 32.2. The van der Waals surface area contributed by atoms with E-state index in [0.29, 0.717) is 44.7 Å². The molecule has 3 rings (SSSR count). The van der Waals surface area contributed by atoms with Crippen LogP contribution in [-0.2, 0) is 14.8 Å². The van der Waals surface area contributed by atoms with Gasteiger partial charge in [-0.2, -0.15) is 4.31 Å². The molecule has 26 heavy (non-hydrogen) atoms. The van der Waals surface area contributed by atoms with Gasteiger partial charge in [0.25, 0.3) is 5.91 Å². The molecule has 0 spiro atoms. The predicted molar refractivity (Wildman–Crippen MR) is 98.4 cm³/mol. The number of likely N-dealkylation sites (tertiary alicyclic amines) is 1. The standard InChI is InChI=1S/C18H27N3O4S/c1-14-10-15(12-19-11-14)18(22)20-7-3-4-17(13-20)21(26(2,23)24)16-5-8-25-9-6-16/h10-12,16-17H,3-9,13H2,1-2H3. The number of pyridine rings is 1. The zero-order valence-corrected chi connectivity index (χ0v) is 16.2. The fourth-order valence-corrected chi connectivity index (χ4v) is 5.45. The summed E-state index contributed by atoms with van der Waals surface area (Å²) in [5.41, 5.74) is 1.49. The number of aryl methyl sites for hydroxylation is 1. The Balaban J connectivity index is 1.78. The molecule has 1 atom stereocenters. The summed E-state index contributed by atoms with van der Waals surface area (Å²) < 4.78 is 32.0. The maximum atomic E-state index is 12.8. The van der Waals surface area contributed by atoms with Gasteiger partial charge in [-0.05, 0) is 44.2 Å². The van der Waals surface area contributed by atoms with Crippen molar-refractivity contribution in [2.45, 2.75) is 44.7 Å². The summed E-state index contributed by atoms with van der Waals surface area (Å²) in [7, 11) is -3.36. The van der Waals surface area contributed by atoms with Crippen molar-refractivity contribution in [2.24, 2.45) is 0 Å². The van der Waals surface area contributed by atoms with Gasteiger partial charge in [0.1, 0.15) is 0 Å². The molecule has 2 fully saturated rings. The normalized spacial score (nSPS) is 22.6. The van der Waals surface area contributed by atoms with Crippen LogP contribution in [0.3, 0.4) is 0 Å². The highest BCUT2D eigenvalue weighted by molar-refractivity contribution is 7.88. The molecule has 1 aromatic heterocycles. The van der Waals surface area contributed by atoms with Crippen LogP contribution in [0, 0.1) is 6.92 Å². The Kier molecular flexibility index (Phi) is 5.94. The Morgan fingerprint density at radius 2 is 1.96 bits per heavy atom. The largest absolute Gasteiger partial charge is 0.381 e. The quantitative estimate of drug-likeness (QED) is 0.788. The first-order chi connectivity index (χ1) is 12.4. The number of piperidine rings is 1. The highest BCUT2D eigenvalue weighted by Gasteiger charge is 2.37. The van der Waals surface area contributed by atoms with Gasteiger partial charge in [-0.25, -0.2) is 8.42 Å². The van der Waals surface area contributed by atoms with Gasteiger partial charge in [0.15, 0.2) is 0 Å². The van der Waals surface area contributed by atoms with E-state index in [-0.39, 0.29) is 18.0 Å². The molecule has 3 heterocycles. The summed E-state index contributed by atoms with van der Waals surface area (Å²) in [4.78, 5) is 18.7. The molecule has 144 valence electrons. The molecule has 1 aromatic rings. The van der Waals surface area contributed by atoms with Crippen LogP contribution in [0.15, 0.2) is 18.5 Å². The van der Waals surface area contributed by atoms with Crippen molar-refractivity contribution in [2.75, 3.05) is 32.6 Å². The van der Waals surface area contributed by atoms with Crippen LogP contribution in [0.2, 0.25) is 0 Å². The third-order valence-corrected chi connectivity index (χ3v) is 6.46. The van der Waals surface area contributed by atoms with E-state index < -0.39 is 10.0 Å². The van der Waals surface area contributed by atoms with Crippen LogP contribution < -0.4 is 0 Å². The molecule has 0 radical (unpaired) electrons. The minimum absolute atomic E-state index is 0.0422. The van der Waals surface area contributed by atoms with Crippen molar-refractivity contribution in [1.29, 1.82) is 0 Å². The van der Waals surface area contributed by atoms with Crippen LogP contribution in [-0.4, -0.2) is 73.2 Å². The zero-order chi connectivity index (χ0) is 18.7. The molecule has 1 amide bonds. The number of aromatic nitrogens is 1. The van der Waals surface area contributed by atoms with Crippen molar-refractivity contribution < 1.29 is 17.9 Å². The smallest absolute Gasteiger partial charge is 0.255 e. The van der Waals surface area contributed by atoms with Gasteiger partial charge in [-0.15, -0.1) is 0 Å². The molecular formula is C18H27N3O4S. The van der Waals surface area contributed by atoms with Crippen LogP contribution in [0.5, 0.6) is 0 Å². The van der Waals surface area contributed by atoms with E-state index >= 15 is 0 Å². The highest BCUT2D eigenvalue weighted by Crippen LogP contribution is 2.26. The zero-order valence-electron chi connectivity index (χ0n) is 15.4. The Bertz CT molecular complexity index is 747. The van der Waals surface area contributed by atoms with E-state index in [0.717, 1.165) is 18.4 Å². The second-order valence-electron chi connectivity index (χ2n) is 7.23. The lowest BCUT2D eigenvalue weighted by atomic mass is 10.0. The van der Waals surface area contributed by atoms with Crippen LogP contribution in [0.25, 0.3) is 0 Å². The second kappa shape index (κ2) is 8.02. The molecule has 1 unspecified atom stereocenters. The van der Waals surface area contributed by atoms with Gasteiger partial charge in [0, 0.05) is 50.8 Å². The predicted octanol–water partition coefficient (Wildman–Crippen LogP) is 1.44. The number of ether oxygens (including phenoxy) is 1. The minimum atomic E-state index is -3.36. The van der Waals surface area contributed by atoms with E-state index in [4.69, 9.17) is 4.74 Å². The Labute approximate surface area is 155 Å². The number of amides is 1. The summed E-state index contributed by atoms with van der Waals surface area (Å²) in [5, 5.41) is 0. The van der Waals surface area contributed by atoms with E-state index in [9.17, 15) is 13.2 Å². The summed E-state index contributed by atoms with van der Waals surface area (Å²) in [5.74, 6) is -0.0775. The molecule has 8 heteroatoms. The SMILES string of the molecule is Cc1cncc(C(=O)N2CCCC(N(C3CCOCC3)S(C)(=O)=O)C2)c1. The summed E-state index contributed by atoms with van der Waals surface area (Å²) in [6, 6.07) is 1.61. The fourth-order valence-electron chi connectivity index (χ4n) is 3.98. The Morgan fingerprint density at radius 1 is 1.23 bits per heavy atom. The first kappa shape index (κ1) is 19.3. The number of carbonyl (C=O) groups is 1. The number of rotatable bonds is 4. The molecule has 0 bridgehead atoms. The summed E-state index contributed by atoms with van der Waals surface area (Å²) in [6.45, 7) is 4.15. The third kappa shape index (κ3) is 4.42. The lowest BCUT2D eigenvalue weighted by Crippen LogP contribution is -2.55. The Hall–Kier alpha value is -1.51. The van der Waals surface area contributed by atoms with Crippen LogP contribution in [0.4, 0.5) is 0 Å². The van der Waals surface area contributed by atoms with Gasteiger partial charge in [-0.3, -0.25) is 9.78 Å². The van der Waals surface area contributed by atoms with Gasteiger partial charge in [0.2, 0.25) is 10.0 Å². The molecular weight excluding hydrogens is 354 g/mol. The van der Waals surface area contributed by atoms with Crippen molar-refractivity contribution in [1.82, 2.24) is 14.2 Å². The average Bonchev–Trinajstić information content (AvgIpc) is 2.61. The molecule has 2 saturated heterocycles. The number of hydrogen-bond acceptors (Lipinski definition) is 5. The lowest BCUT2D eigenvalue weighted by molar-refractivity contribution is 0.0342. The van der Waals surface area contributed by atoms with Crippen LogP contribution in [0.1, 0.15) is 41.6 Å². The van der Waals surface area contributed by atoms with Gasteiger partial charge in [0.05, 0.1) is 11.8 Å². The first-order valence-corrected chi connectivity index (χ1v) is 11.0. The van der Waals surface area contributed by atoms with Crippen molar-refractivity contribution in [3.63, 3.8) is 0 Å². The van der Waals surface area contributed by atoms with E-state index in [1.165, 1.54) is 6.26 Å². The average molecular weight is 381 g/mol. The summed E-state index contributed by atoms with van der Waals surface area (Å²) in [6.07, 6.45) is 7.55. The topological polar surface area (TPSA) is 79.8 Å². The third-order valence-electron chi connectivity index (χ3n) is 5.10. The van der Waals surface area contributed by atoms with E-state index in [1.807, 2.05) is 13.0 Å². The molecule has 0 saturated carbocycles. The maximum absolute atomic E-state index is 12.8. The monoisotopic (exact) mass is 381 g/mol. The number of sulfonamides is 1. The molecule has 2 aliphatic heterocycles. The Morgan fingerprint density at radius 3 is 2.62 bits per heavy atom. The van der Waals surface area contributed by atoms with Gasteiger partial charge >= 0.3 is 0 Å². The minimum Gasteiger partial charge on any atom is -0.381 e.